The van der Waals surface area contributed by atoms with Gasteiger partial charge in [0.25, 0.3) is 0 Å². The predicted octanol–water partition coefficient (Wildman–Crippen LogP) is 0.813. The van der Waals surface area contributed by atoms with Crippen LogP contribution in [0.3, 0.4) is 0 Å². The first-order valence-electron chi connectivity index (χ1n) is 4.24. The molecule has 1 aromatic carbocycles. The number of amides is 1. The number of nitrogens with one attached hydrogen (secondary N) is 1. The van der Waals surface area contributed by atoms with Crippen LogP contribution in [0.4, 0.5) is 10.1 Å². The van der Waals surface area contributed by atoms with Gasteiger partial charge in [-0.3, -0.25) is 4.79 Å². The van der Waals surface area contributed by atoms with Crippen LogP contribution < -0.4 is 16.8 Å². The molecule has 0 bridgehead atoms. The van der Waals surface area contributed by atoms with Crippen molar-refractivity contribution in [3.8, 4) is 0 Å². The molecule has 0 aliphatic heterocycles. The van der Waals surface area contributed by atoms with Crippen molar-refractivity contribution in [2.45, 2.75) is 6.04 Å². The Balaban J connectivity index is 2.62. The summed E-state index contributed by atoms with van der Waals surface area (Å²) in [5.74, 6) is -0.924. The number of carbonyl (C=O) groups excluding carboxylic acids is 1. The molecule has 0 radical (unpaired) electrons. The number of hydrogen-bond donors (Lipinski definition) is 3. The highest BCUT2D eigenvalue weighted by molar-refractivity contribution is 9.10. The molecule has 1 atom stereocenters. The molecule has 1 amide bonds. The smallest absolute Gasteiger partial charge is 0.236 e. The van der Waals surface area contributed by atoms with Crippen LogP contribution >= 0.6 is 15.9 Å². The van der Waals surface area contributed by atoms with Crippen LogP contribution in [-0.4, -0.2) is 18.5 Å². The molecule has 1 unspecified atom stereocenters. The van der Waals surface area contributed by atoms with E-state index in [9.17, 15) is 9.18 Å². The zero-order valence-electron chi connectivity index (χ0n) is 7.84. The summed E-state index contributed by atoms with van der Waals surface area (Å²) >= 11 is 3.17. The van der Waals surface area contributed by atoms with Crippen LogP contribution in [0.15, 0.2) is 22.7 Å². The first-order chi connectivity index (χ1) is 7.00. The third-order valence-corrected chi connectivity index (χ3v) is 2.47. The number of anilines is 1. The molecule has 1 aromatic rings. The fourth-order valence-electron chi connectivity index (χ4n) is 0.953. The van der Waals surface area contributed by atoms with Crippen molar-refractivity contribution in [1.82, 2.24) is 0 Å². The molecule has 0 spiro atoms. The highest BCUT2D eigenvalue weighted by atomic mass is 79.9. The van der Waals surface area contributed by atoms with Crippen LogP contribution in [0.5, 0.6) is 0 Å². The van der Waals surface area contributed by atoms with Crippen molar-refractivity contribution in [3.05, 3.63) is 28.5 Å². The van der Waals surface area contributed by atoms with Gasteiger partial charge in [0.1, 0.15) is 11.9 Å². The highest BCUT2D eigenvalue weighted by Gasteiger charge is 2.09. The molecule has 0 aliphatic carbocycles. The number of nitrogens with two attached hydrogens (primary N) is 2. The maximum Gasteiger partial charge on any atom is 0.236 e. The molecule has 6 heteroatoms. The summed E-state index contributed by atoms with van der Waals surface area (Å²) < 4.78 is 13.3. The van der Waals surface area contributed by atoms with E-state index < -0.39 is 11.9 Å². The number of hydrogen-bond acceptors (Lipinski definition) is 3. The number of primary amides is 1. The first kappa shape index (κ1) is 11.9. The van der Waals surface area contributed by atoms with E-state index in [0.717, 1.165) is 0 Å². The summed E-state index contributed by atoms with van der Waals surface area (Å²) in [4.78, 5) is 10.6. The quantitative estimate of drug-likeness (QED) is 0.761. The van der Waals surface area contributed by atoms with Crippen molar-refractivity contribution in [3.63, 3.8) is 0 Å². The molecule has 1 rings (SSSR count). The number of benzene rings is 1. The van der Waals surface area contributed by atoms with Gasteiger partial charge in [0.15, 0.2) is 0 Å². The molecule has 0 saturated heterocycles. The van der Waals surface area contributed by atoms with Gasteiger partial charge in [-0.25, -0.2) is 4.39 Å². The van der Waals surface area contributed by atoms with E-state index in [1.165, 1.54) is 12.1 Å². The summed E-state index contributed by atoms with van der Waals surface area (Å²) in [6.45, 7) is 0.208. The van der Waals surface area contributed by atoms with Crippen LogP contribution in [0.1, 0.15) is 0 Å². The SMILES string of the molecule is NC(=O)C(N)CNc1ccc(F)cc1Br. The van der Waals surface area contributed by atoms with Gasteiger partial charge >= 0.3 is 0 Å². The largest absolute Gasteiger partial charge is 0.382 e. The molecule has 5 N–H and O–H groups in total. The minimum atomic E-state index is -0.762. The molecule has 0 fully saturated rings. The Kier molecular flexibility index (Phi) is 4.05. The second kappa shape index (κ2) is 5.09. The minimum absolute atomic E-state index is 0.208. The van der Waals surface area contributed by atoms with Crippen molar-refractivity contribution >= 4 is 27.5 Å². The zero-order chi connectivity index (χ0) is 11.4. The fourth-order valence-corrected chi connectivity index (χ4v) is 1.44. The van der Waals surface area contributed by atoms with E-state index in [1.807, 2.05) is 0 Å². The van der Waals surface area contributed by atoms with Crippen molar-refractivity contribution in [2.24, 2.45) is 11.5 Å². The van der Waals surface area contributed by atoms with E-state index in [-0.39, 0.29) is 12.4 Å². The lowest BCUT2D eigenvalue weighted by Crippen LogP contribution is -2.41. The van der Waals surface area contributed by atoms with E-state index in [0.29, 0.717) is 10.2 Å². The number of rotatable bonds is 4. The standard InChI is InChI=1S/C9H11BrFN3O/c10-6-3-5(11)1-2-8(6)14-4-7(12)9(13)15/h1-3,7,14H,4,12H2,(H2,13,15). The number of carbonyl (C=O) groups is 1. The molecule has 4 nitrogen and oxygen atoms in total. The van der Waals surface area contributed by atoms with Crippen LogP contribution in [0, 0.1) is 5.82 Å². The van der Waals surface area contributed by atoms with E-state index >= 15 is 0 Å². The molecular weight excluding hydrogens is 265 g/mol. The van der Waals surface area contributed by atoms with Crippen molar-refractivity contribution < 1.29 is 9.18 Å². The fraction of sp³-hybridized carbons (Fsp3) is 0.222. The summed E-state index contributed by atoms with van der Waals surface area (Å²) in [7, 11) is 0. The van der Waals surface area contributed by atoms with Gasteiger partial charge < -0.3 is 16.8 Å². The summed E-state index contributed by atoms with van der Waals surface area (Å²) in [6, 6.07) is 3.41. The Hall–Kier alpha value is -1.14. The second-order valence-corrected chi connectivity index (χ2v) is 3.87. The van der Waals surface area contributed by atoms with Gasteiger partial charge in [-0.2, -0.15) is 0 Å². The van der Waals surface area contributed by atoms with Crippen molar-refractivity contribution in [2.75, 3.05) is 11.9 Å². The summed E-state index contributed by atoms with van der Waals surface area (Å²) in [6.07, 6.45) is 0. The normalized spacial score (nSPS) is 12.2. The average molecular weight is 276 g/mol. The Morgan fingerprint density at radius 2 is 2.27 bits per heavy atom. The molecule has 0 saturated carbocycles. The maximum atomic E-state index is 12.7. The molecule has 82 valence electrons. The van der Waals surface area contributed by atoms with E-state index in [4.69, 9.17) is 11.5 Å². The van der Waals surface area contributed by atoms with Gasteiger partial charge in [-0.1, -0.05) is 0 Å². The predicted molar refractivity (Wildman–Crippen MR) is 59.8 cm³/mol. The van der Waals surface area contributed by atoms with Gasteiger partial charge in [0.05, 0.1) is 0 Å². The minimum Gasteiger partial charge on any atom is -0.382 e. The lowest BCUT2D eigenvalue weighted by atomic mass is 10.2. The van der Waals surface area contributed by atoms with E-state index in [1.54, 1.807) is 6.07 Å². The molecule has 15 heavy (non-hydrogen) atoms. The molecule has 0 aromatic heterocycles. The first-order valence-corrected chi connectivity index (χ1v) is 5.04. The average Bonchev–Trinajstić information content (AvgIpc) is 2.15. The summed E-state index contributed by atoms with van der Waals surface area (Å²) in [5, 5.41) is 2.88. The zero-order valence-corrected chi connectivity index (χ0v) is 9.42. The Bertz CT molecular complexity index is 372. The third kappa shape index (κ3) is 3.49. The second-order valence-electron chi connectivity index (χ2n) is 3.01. The Morgan fingerprint density at radius 3 is 2.80 bits per heavy atom. The van der Waals surface area contributed by atoms with E-state index in [2.05, 4.69) is 21.2 Å². The molecule has 0 heterocycles. The van der Waals surface area contributed by atoms with Gasteiger partial charge in [0.2, 0.25) is 5.91 Å². The number of halogens is 2. The van der Waals surface area contributed by atoms with Crippen molar-refractivity contribution in [1.29, 1.82) is 0 Å². The molecule has 0 aliphatic rings. The lowest BCUT2D eigenvalue weighted by Gasteiger charge is -2.11. The van der Waals surface area contributed by atoms with Gasteiger partial charge in [0, 0.05) is 16.7 Å². The topological polar surface area (TPSA) is 81.1 Å². The van der Waals surface area contributed by atoms with Gasteiger partial charge in [-0.05, 0) is 34.1 Å². The monoisotopic (exact) mass is 275 g/mol. The van der Waals surface area contributed by atoms with Crippen LogP contribution in [0.2, 0.25) is 0 Å². The Morgan fingerprint density at radius 1 is 1.60 bits per heavy atom. The summed E-state index contributed by atoms with van der Waals surface area (Å²) in [5.41, 5.74) is 11.1. The molecular formula is C9H11BrFN3O. The van der Waals surface area contributed by atoms with Crippen LogP contribution in [0.25, 0.3) is 0 Å². The Labute approximate surface area is 95.0 Å². The van der Waals surface area contributed by atoms with Crippen LogP contribution in [-0.2, 0) is 4.79 Å². The lowest BCUT2D eigenvalue weighted by molar-refractivity contribution is -0.118. The highest BCUT2D eigenvalue weighted by Crippen LogP contribution is 2.22. The maximum absolute atomic E-state index is 12.7. The third-order valence-electron chi connectivity index (χ3n) is 1.81. The van der Waals surface area contributed by atoms with Gasteiger partial charge in [-0.15, -0.1) is 0 Å².